The fraction of sp³-hybridized carbons (Fsp3) is 0.778. The second-order valence-corrected chi connectivity index (χ2v) is 3.28. The lowest BCUT2D eigenvalue weighted by atomic mass is 10.3. The number of rotatable bonds is 7. The number of likely N-dealkylation sites (N-methyl/N-ethyl adjacent to an activating group) is 1. The third-order valence-corrected chi connectivity index (χ3v) is 2.06. The maximum atomic E-state index is 4.08. The first kappa shape index (κ1) is 11.1. The van der Waals surface area contributed by atoms with Crippen LogP contribution in [0.5, 0.6) is 0 Å². The molecule has 1 rings (SSSR count). The lowest BCUT2D eigenvalue weighted by Gasteiger charge is -2.12. The van der Waals surface area contributed by atoms with Crippen LogP contribution in [0.4, 0.5) is 0 Å². The van der Waals surface area contributed by atoms with Crippen LogP contribution in [0, 0.1) is 0 Å². The molecule has 14 heavy (non-hydrogen) atoms. The minimum Gasteiger partial charge on any atom is -0.316 e. The Bertz CT molecular complexity index is 221. The molecule has 1 aromatic rings. The molecule has 2 N–H and O–H groups in total. The summed E-state index contributed by atoms with van der Waals surface area (Å²) >= 11 is 0. The minimum absolute atomic E-state index is 0.360. The van der Waals surface area contributed by atoms with Crippen molar-refractivity contribution in [2.24, 2.45) is 0 Å². The lowest BCUT2D eigenvalue weighted by Crippen LogP contribution is -2.31. The summed E-state index contributed by atoms with van der Waals surface area (Å²) in [5, 5.41) is 10.7. The third-order valence-electron chi connectivity index (χ3n) is 2.06. The molecule has 0 aliphatic heterocycles. The average molecular weight is 197 g/mol. The van der Waals surface area contributed by atoms with E-state index in [1.165, 1.54) is 0 Å². The molecule has 0 aromatic carbocycles. The predicted octanol–water partition coefficient (Wildman–Crippen LogP) is 0.0382. The molecule has 0 aliphatic rings. The number of nitrogens with one attached hydrogen (secondary N) is 2. The second kappa shape index (κ2) is 6.50. The van der Waals surface area contributed by atoms with Gasteiger partial charge in [0.2, 0.25) is 0 Å². The SMILES string of the molecule is CCNCCNCC(C)n1cncn1. The molecule has 0 saturated heterocycles. The molecule has 0 fully saturated rings. The van der Waals surface area contributed by atoms with E-state index in [0.29, 0.717) is 6.04 Å². The molecule has 5 heteroatoms. The zero-order valence-corrected chi connectivity index (χ0v) is 8.90. The van der Waals surface area contributed by atoms with Gasteiger partial charge >= 0.3 is 0 Å². The number of aromatic nitrogens is 3. The molecular formula is C9H19N5. The molecule has 80 valence electrons. The van der Waals surface area contributed by atoms with E-state index in [4.69, 9.17) is 0 Å². The number of hydrogen-bond acceptors (Lipinski definition) is 4. The van der Waals surface area contributed by atoms with Crippen LogP contribution in [-0.4, -0.2) is 40.9 Å². The zero-order chi connectivity index (χ0) is 10.2. The summed E-state index contributed by atoms with van der Waals surface area (Å²) in [7, 11) is 0. The first-order chi connectivity index (χ1) is 6.84. The van der Waals surface area contributed by atoms with Crippen LogP contribution in [0.25, 0.3) is 0 Å². The Labute approximate surface area is 84.9 Å². The molecule has 0 spiro atoms. The van der Waals surface area contributed by atoms with Gasteiger partial charge in [-0.2, -0.15) is 5.10 Å². The van der Waals surface area contributed by atoms with E-state index < -0.39 is 0 Å². The Morgan fingerprint density at radius 3 is 2.79 bits per heavy atom. The summed E-state index contributed by atoms with van der Waals surface area (Å²) in [4.78, 5) is 3.91. The van der Waals surface area contributed by atoms with Crippen LogP contribution in [0.2, 0.25) is 0 Å². The predicted molar refractivity (Wildman–Crippen MR) is 56.1 cm³/mol. The van der Waals surface area contributed by atoms with Crippen molar-refractivity contribution in [2.75, 3.05) is 26.2 Å². The van der Waals surface area contributed by atoms with Crippen LogP contribution in [0.1, 0.15) is 19.9 Å². The molecule has 5 nitrogen and oxygen atoms in total. The van der Waals surface area contributed by atoms with Crippen LogP contribution in [0.3, 0.4) is 0 Å². The molecule has 1 heterocycles. The van der Waals surface area contributed by atoms with Gasteiger partial charge in [0.25, 0.3) is 0 Å². The number of hydrogen-bond donors (Lipinski definition) is 2. The van der Waals surface area contributed by atoms with E-state index in [1.807, 2.05) is 4.68 Å². The summed E-state index contributed by atoms with van der Waals surface area (Å²) in [5.41, 5.74) is 0. The average Bonchev–Trinajstić information content (AvgIpc) is 2.70. The van der Waals surface area contributed by atoms with E-state index >= 15 is 0 Å². The van der Waals surface area contributed by atoms with Crippen molar-refractivity contribution in [2.45, 2.75) is 19.9 Å². The van der Waals surface area contributed by atoms with Crippen molar-refractivity contribution >= 4 is 0 Å². The first-order valence-corrected chi connectivity index (χ1v) is 5.10. The van der Waals surface area contributed by atoms with E-state index in [0.717, 1.165) is 26.2 Å². The van der Waals surface area contributed by atoms with Crippen molar-refractivity contribution in [3.05, 3.63) is 12.7 Å². The highest BCUT2D eigenvalue weighted by molar-refractivity contribution is 4.66. The summed E-state index contributed by atoms with van der Waals surface area (Å²) in [5.74, 6) is 0. The smallest absolute Gasteiger partial charge is 0.137 e. The third kappa shape index (κ3) is 3.85. The van der Waals surface area contributed by atoms with Gasteiger partial charge in [-0.1, -0.05) is 6.92 Å². The second-order valence-electron chi connectivity index (χ2n) is 3.28. The lowest BCUT2D eigenvalue weighted by molar-refractivity contribution is 0.451. The highest BCUT2D eigenvalue weighted by Crippen LogP contribution is 1.98. The maximum Gasteiger partial charge on any atom is 0.137 e. The summed E-state index contributed by atoms with van der Waals surface area (Å²) in [6, 6.07) is 0.360. The Hall–Kier alpha value is -0.940. The molecule has 1 atom stereocenters. The summed E-state index contributed by atoms with van der Waals surface area (Å²) in [6.07, 6.45) is 3.31. The largest absolute Gasteiger partial charge is 0.316 e. The van der Waals surface area contributed by atoms with Gasteiger partial charge in [0.15, 0.2) is 0 Å². The van der Waals surface area contributed by atoms with E-state index in [2.05, 4.69) is 34.6 Å². The minimum atomic E-state index is 0.360. The molecule has 0 saturated carbocycles. The Kier molecular flexibility index (Phi) is 5.17. The fourth-order valence-electron chi connectivity index (χ4n) is 1.20. The van der Waals surface area contributed by atoms with Gasteiger partial charge in [-0.15, -0.1) is 0 Å². The topological polar surface area (TPSA) is 54.8 Å². The molecule has 0 aliphatic carbocycles. The zero-order valence-electron chi connectivity index (χ0n) is 8.90. The summed E-state index contributed by atoms with van der Waals surface area (Å²) < 4.78 is 1.86. The van der Waals surface area contributed by atoms with Gasteiger partial charge in [0, 0.05) is 19.6 Å². The monoisotopic (exact) mass is 197 g/mol. The van der Waals surface area contributed by atoms with E-state index in [9.17, 15) is 0 Å². The highest BCUT2D eigenvalue weighted by Gasteiger charge is 2.02. The summed E-state index contributed by atoms with van der Waals surface area (Å²) in [6.45, 7) is 8.19. The van der Waals surface area contributed by atoms with E-state index in [1.54, 1.807) is 12.7 Å². The van der Waals surface area contributed by atoms with Gasteiger partial charge in [-0.25, -0.2) is 9.67 Å². The molecule has 1 aromatic heterocycles. The normalized spacial score (nSPS) is 13.0. The molecule has 1 unspecified atom stereocenters. The maximum absolute atomic E-state index is 4.08. The molecule has 0 bridgehead atoms. The molecule has 0 amide bonds. The van der Waals surface area contributed by atoms with Gasteiger partial charge in [0.05, 0.1) is 6.04 Å². The van der Waals surface area contributed by atoms with Crippen molar-refractivity contribution in [1.29, 1.82) is 0 Å². The van der Waals surface area contributed by atoms with Crippen molar-refractivity contribution in [3.63, 3.8) is 0 Å². The van der Waals surface area contributed by atoms with Crippen LogP contribution in [-0.2, 0) is 0 Å². The Morgan fingerprint density at radius 2 is 2.14 bits per heavy atom. The van der Waals surface area contributed by atoms with Crippen molar-refractivity contribution in [3.8, 4) is 0 Å². The van der Waals surface area contributed by atoms with Crippen molar-refractivity contribution < 1.29 is 0 Å². The highest BCUT2D eigenvalue weighted by atomic mass is 15.3. The molecular weight excluding hydrogens is 178 g/mol. The van der Waals surface area contributed by atoms with E-state index in [-0.39, 0.29) is 0 Å². The van der Waals surface area contributed by atoms with Gasteiger partial charge in [0.1, 0.15) is 12.7 Å². The fourth-order valence-corrected chi connectivity index (χ4v) is 1.20. The quantitative estimate of drug-likeness (QED) is 0.606. The van der Waals surface area contributed by atoms with Gasteiger partial charge in [-0.3, -0.25) is 0 Å². The Morgan fingerprint density at radius 1 is 1.36 bits per heavy atom. The van der Waals surface area contributed by atoms with Crippen LogP contribution >= 0.6 is 0 Å². The van der Waals surface area contributed by atoms with Crippen molar-refractivity contribution in [1.82, 2.24) is 25.4 Å². The van der Waals surface area contributed by atoms with Gasteiger partial charge < -0.3 is 10.6 Å². The Balaban J connectivity index is 2.07. The molecule has 0 radical (unpaired) electrons. The van der Waals surface area contributed by atoms with Crippen LogP contribution < -0.4 is 10.6 Å². The van der Waals surface area contributed by atoms with Crippen LogP contribution in [0.15, 0.2) is 12.7 Å². The van der Waals surface area contributed by atoms with Gasteiger partial charge in [-0.05, 0) is 13.5 Å². The number of nitrogens with zero attached hydrogens (tertiary/aromatic N) is 3. The first-order valence-electron chi connectivity index (χ1n) is 5.10. The standard InChI is InChI=1S/C9H19N5/c1-3-10-4-5-11-6-9(2)14-8-12-7-13-14/h7-11H,3-6H2,1-2H3.